The Balaban J connectivity index is 1.61. The molecule has 1 N–H and O–H groups in total. The highest BCUT2D eigenvalue weighted by molar-refractivity contribution is 5.93. The topological polar surface area (TPSA) is 109 Å². The lowest BCUT2D eigenvalue weighted by Crippen LogP contribution is -2.33. The lowest BCUT2D eigenvalue weighted by atomic mass is 10.1. The number of nitrogens with zero attached hydrogens (tertiary/aromatic N) is 3. The Hall–Kier alpha value is -2.78. The summed E-state index contributed by atoms with van der Waals surface area (Å²) in [5.41, 5.74) is 4.66. The maximum Gasteiger partial charge on any atom is 0.312 e. The van der Waals surface area contributed by atoms with E-state index < -0.39 is 11.2 Å². The first-order chi connectivity index (χ1) is 13.0. The number of carbonyl (C=O) groups is 1. The second-order valence-corrected chi connectivity index (χ2v) is 6.48. The molecule has 27 heavy (non-hydrogen) atoms. The first-order valence-electron chi connectivity index (χ1n) is 8.80. The van der Waals surface area contributed by atoms with E-state index in [0.717, 1.165) is 24.8 Å². The van der Waals surface area contributed by atoms with Gasteiger partial charge in [0.05, 0.1) is 11.5 Å². The number of rotatable bonds is 6. The van der Waals surface area contributed by atoms with Gasteiger partial charge in [0.25, 0.3) is 5.91 Å². The van der Waals surface area contributed by atoms with Crippen LogP contribution in [0.5, 0.6) is 0 Å². The van der Waals surface area contributed by atoms with Gasteiger partial charge in [0.1, 0.15) is 11.4 Å². The number of aromatic nitrogens is 2. The minimum Gasteiger partial charge on any atom is -0.350 e. The van der Waals surface area contributed by atoms with Crippen molar-refractivity contribution in [1.29, 1.82) is 0 Å². The second kappa shape index (κ2) is 8.28. The molecule has 9 nitrogen and oxygen atoms in total. The van der Waals surface area contributed by atoms with Crippen LogP contribution in [0.25, 0.3) is 0 Å². The van der Waals surface area contributed by atoms with E-state index in [2.05, 4.69) is 10.6 Å². The molecule has 2 heterocycles. The summed E-state index contributed by atoms with van der Waals surface area (Å²) < 4.78 is 6.98. The maximum atomic E-state index is 12.1. The molecule has 1 aliphatic heterocycles. The van der Waals surface area contributed by atoms with E-state index in [0.29, 0.717) is 30.1 Å². The van der Waals surface area contributed by atoms with Crippen molar-refractivity contribution in [2.75, 3.05) is 6.61 Å². The van der Waals surface area contributed by atoms with Gasteiger partial charge < -0.3 is 4.74 Å². The van der Waals surface area contributed by atoms with E-state index in [-0.39, 0.29) is 11.6 Å². The summed E-state index contributed by atoms with van der Waals surface area (Å²) >= 11 is 0. The standard InChI is InChI=1S/C18H22N4O5/c1-12-17(22(24)25)13(2)21(19-12)11-14-6-8-15(9-7-14)18(23)20-27-16-5-3-4-10-26-16/h6-9,16H,3-5,10-11H2,1-2H3,(H,20,23). The lowest BCUT2D eigenvalue weighted by Gasteiger charge is -2.22. The molecule has 0 aliphatic carbocycles. The quantitative estimate of drug-likeness (QED) is 0.615. The average Bonchev–Trinajstić information content (AvgIpc) is 2.94. The molecule has 0 radical (unpaired) electrons. The van der Waals surface area contributed by atoms with Crippen molar-refractivity contribution >= 4 is 11.6 Å². The van der Waals surface area contributed by atoms with Gasteiger partial charge in [-0.2, -0.15) is 5.10 Å². The fourth-order valence-electron chi connectivity index (χ4n) is 3.02. The van der Waals surface area contributed by atoms with Crippen molar-refractivity contribution in [3.8, 4) is 0 Å². The molecule has 0 bridgehead atoms. The first kappa shape index (κ1) is 19.0. The highest BCUT2D eigenvalue weighted by atomic mass is 16.8. The Labute approximate surface area is 156 Å². The molecule has 1 aromatic carbocycles. The zero-order chi connectivity index (χ0) is 19.4. The first-order valence-corrected chi connectivity index (χ1v) is 8.80. The molecule has 1 amide bonds. The number of carbonyl (C=O) groups excluding carboxylic acids is 1. The predicted molar refractivity (Wildman–Crippen MR) is 96.0 cm³/mol. The van der Waals surface area contributed by atoms with Crippen LogP contribution in [0, 0.1) is 24.0 Å². The summed E-state index contributed by atoms with van der Waals surface area (Å²) in [7, 11) is 0. The molecule has 144 valence electrons. The Morgan fingerprint density at radius 3 is 2.70 bits per heavy atom. The van der Waals surface area contributed by atoms with Gasteiger partial charge in [-0.3, -0.25) is 19.6 Å². The van der Waals surface area contributed by atoms with E-state index in [1.807, 2.05) is 0 Å². The van der Waals surface area contributed by atoms with Gasteiger partial charge in [0.15, 0.2) is 6.29 Å². The van der Waals surface area contributed by atoms with Crippen LogP contribution >= 0.6 is 0 Å². The Morgan fingerprint density at radius 2 is 2.11 bits per heavy atom. The molecule has 9 heteroatoms. The largest absolute Gasteiger partial charge is 0.350 e. The van der Waals surface area contributed by atoms with Crippen molar-refractivity contribution < 1.29 is 19.3 Å². The SMILES string of the molecule is Cc1nn(Cc2ccc(C(=O)NOC3CCCCO3)cc2)c(C)c1[N+](=O)[O-]. The van der Waals surface area contributed by atoms with Gasteiger partial charge in [0, 0.05) is 18.6 Å². The van der Waals surface area contributed by atoms with E-state index in [1.54, 1.807) is 42.8 Å². The fourth-order valence-corrected chi connectivity index (χ4v) is 3.02. The van der Waals surface area contributed by atoms with E-state index in [4.69, 9.17) is 9.57 Å². The monoisotopic (exact) mass is 374 g/mol. The highest BCUT2D eigenvalue weighted by Gasteiger charge is 2.21. The van der Waals surface area contributed by atoms with Crippen molar-refractivity contribution in [1.82, 2.24) is 15.3 Å². The third-order valence-corrected chi connectivity index (χ3v) is 4.50. The van der Waals surface area contributed by atoms with Crippen LogP contribution in [-0.4, -0.2) is 33.5 Å². The molecular formula is C18H22N4O5. The van der Waals surface area contributed by atoms with E-state index in [1.165, 1.54) is 0 Å². The molecule has 1 aliphatic rings. The number of ether oxygens (including phenoxy) is 1. The van der Waals surface area contributed by atoms with Crippen LogP contribution in [0.1, 0.15) is 46.6 Å². The minimum atomic E-state index is -0.419. The Bertz CT molecular complexity index is 825. The number of hydrogen-bond acceptors (Lipinski definition) is 6. The smallest absolute Gasteiger partial charge is 0.312 e. The summed E-state index contributed by atoms with van der Waals surface area (Å²) in [5.74, 6) is -0.350. The molecular weight excluding hydrogens is 352 g/mol. The van der Waals surface area contributed by atoms with Gasteiger partial charge in [-0.1, -0.05) is 12.1 Å². The van der Waals surface area contributed by atoms with Crippen molar-refractivity contribution in [2.45, 2.75) is 45.9 Å². The number of amides is 1. The Morgan fingerprint density at radius 1 is 1.37 bits per heavy atom. The molecule has 1 saturated heterocycles. The highest BCUT2D eigenvalue weighted by Crippen LogP contribution is 2.22. The molecule has 1 atom stereocenters. The molecule has 2 aromatic rings. The fraction of sp³-hybridized carbons (Fsp3) is 0.444. The average molecular weight is 374 g/mol. The minimum absolute atomic E-state index is 0.0353. The van der Waals surface area contributed by atoms with Crippen LogP contribution in [-0.2, 0) is 16.1 Å². The van der Waals surface area contributed by atoms with Crippen LogP contribution in [0.4, 0.5) is 5.69 Å². The van der Waals surface area contributed by atoms with Crippen LogP contribution in [0.3, 0.4) is 0 Å². The normalized spacial score (nSPS) is 16.9. The number of nitro groups is 1. The summed E-state index contributed by atoms with van der Waals surface area (Å²) in [5, 5.41) is 15.3. The molecule has 0 spiro atoms. The lowest BCUT2D eigenvalue weighted by molar-refractivity contribution is -0.386. The van der Waals surface area contributed by atoms with Gasteiger partial charge in [-0.05, 0) is 44.4 Å². The molecule has 1 fully saturated rings. The number of hydrogen-bond donors (Lipinski definition) is 1. The molecule has 0 saturated carbocycles. The van der Waals surface area contributed by atoms with Crippen LogP contribution in [0.15, 0.2) is 24.3 Å². The van der Waals surface area contributed by atoms with Gasteiger partial charge in [-0.25, -0.2) is 10.3 Å². The van der Waals surface area contributed by atoms with E-state index in [9.17, 15) is 14.9 Å². The molecule has 1 unspecified atom stereocenters. The van der Waals surface area contributed by atoms with Crippen LogP contribution in [0.2, 0.25) is 0 Å². The zero-order valence-corrected chi connectivity index (χ0v) is 15.3. The summed E-state index contributed by atoms with van der Waals surface area (Å²) in [6, 6.07) is 6.92. The van der Waals surface area contributed by atoms with Crippen molar-refractivity contribution in [3.05, 3.63) is 56.9 Å². The van der Waals surface area contributed by atoms with Crippen LogP contribution < -0.4 is 5.48 Å². The number of nitrogens with one attached hydrogen (secondary N) is 1. The number of benzene rings is 1. The third-order valence-electron chi connectivity index (χ3n) is 4.50. The van der Waals surface area contributed by atoms with E-state index >= 15 is 0 Å². The summed E-state index contributed by atoms with van der Waals surface area (Å²) in [6.07, 6.45) is 2.38. The van der Waals surface area contributed by atoms with Crippen molar-refractivity contribution in [2.24, 2.45) is 0 Å². The Kier molecular flexibility index (Phi) is 5.82. The molecule has 1 aromatic heterocycles. The zero-order valence-electron chi connectivity index (χ0n) is 15.3. The second-order valence-electron chi connectivity index (χ2n) is 6.48. The van der Waals surface area contributed by atoms with Gasteiger partial charge >= 0.3 is 5.69 Å². The van der Waals surface area contributed by atoms with Gasteiger partial charge in [0.2, 0.25) is 0 Å². The number of aryl methyl sites for hydroxylation is 1. The summed E-state index contributed by atoms with van der Waals surface area (Å²) in [4.78, 5) is 28.1. The summed E-state index contributed by atoms with van der Waals surface area (Å²) in [6.45, 7) is 4.31. The van der Waals surface area contributed by atoms with Crippen molar-refractivity contribution in [3.63, 3.8) is 0 Å². The van der Waals surface area contributed by atoms with Gasteiger partial charge in [-0.15, -0.1) is 0 Å². The third kappa shape index (κ3) is 4.50. The molecule has 3 rings (SSSR count). The maximum absolute atomic E-state index is 12.1. The predicted octanol–water partition coefficient (Wildman–Crippen LogP) is 2.64. The number of hydroxylamine groups is 1.